The average molecular weight is 460 g/mol. The van der Waals surface area contributed by atoms with Crippen molar-refractivity contribution in [1.29, 1.82) is 0 Å². The molecule has 175 valence electrons. The summed E-state index contributed by atoms with van der Waals surface area (Å²) in [6, 6.07) is 1.18. The summed E-state index contributed by atoms with van der Waals surface area (Å²) < 4.78 is 12.8. The molecule has 0 N–H and O–H groups in total. The monoisotopic (exact) mass is 459 g/mol. The second-order valence-corrected chi connectivity index (χ2v) is 22.2. The summed E-state index contributed by atoms with van der Waals surface area (Å²) in [4.78, 5) is 0. The Morgan fingerprint density at radius 2 is 0.724 bits per heavy atom. The molecule has 0 aliphatic carbocycles. The number of unbranched alkanes of at least 4 members (excludes halogenated alkanes) is 15. The van der Waals surface area contributed by atoms with Crippen LogP contribution in [0.4, 0.5) is 0 Å². The highest BCUT2D eigenvalue weighted by atomic mass is 28.4. The minimum atomic E-state index is -1.49. The van der Waals surface area contributed by atoms with Gasteiger partial charge in [-0.25, -0.2) is 0 Å². The van der Waals surface area contributed by atoms with Crippen LogP contribution in [0.3, 0.4) is 0 Å². The van der Waals surface area contributed by atoms with E-state index in [1.54, 1.807) is 0 Å². The first-order valence-corrected chi connectivity index (χ1v) is 21.2. The molecule has 0 heterocycles. The van der Waals surface area contributed by atoms with E-state index in [1.807, 2.05) is 0 Å². The molecule has 0 aromatic carbocycles. The van der Waals surface area contributed by atoms with Gasteiger partial charge in [0.2, 0.25) is 0 Å². The van der Waals surface area contributed by atoms with Crippen molar-refractivity contribution in [3.63, 3.8) is 0 Å². The normalized spacial score (nSPS) is 12.8. The Bertz CT molecular complexity index is 335. The van der Waals surface area contributed by atoms with E-state index >= 15 is 0 Å². The Balaban J connectivity index is 3.50. The van der Waals surface area contributed by atoms with Crippen molar-refractivity contribution < 1.29 is 8.23 Å². The fourth-order valence-electron chi connectivity index (χ4n) is 3.62. The first-order valence-electron chi connectivity index (χ1n) is 12.9. The van der Waals surface area contributed by atoms with Crippen molar-refractivity contribution in [2.75, 3.05) is 0 Å². The predicted molar refractivity (Wildman–Crippen MR) is 139 cm³/mol. The van der Waals surface area contributed by atoms with Crippen LogP contribution >= 0.6 is 0 Å². The minimum absolute atomic E-state index is 1.05. The Morgan fingerprint density at radius 1 is 0.448 bits per heavy atom. The Morgan fingerprint density at radius 3 is 1.00 bits per heavy atom. The van der Waals surface area contributed by atoms with Gasteiger partial charge >= 0.3 is 9.28 Å². The van der Waals surface area contributed by atoms with Crippen molar-refractivity contribution in [3.05, 3.63) is 0 Å². The fourth-order valence-corrected chi connectivity index (χ4v) is 11.0. The molecule has 0 bridgehead atoms. The molecule has 29 heavy (non-hydrogen) atoms. The molecule has 0 unspecified atom stereocenters. The Hall–Kier alpha value is 0.571. The van der Waals surface area contributed by atoms with Gasteiger partial charge in [0.05, 0.1) is 0 Å². The van der Waals surface area contributed by atoms with Gasteiger partial charge in [-0.15, -0.1) is 0 Å². The summed E-state index contributed by atoms with van der Waals surface area (Å²) in [5.74, 6) is 0. The van der Waals surface area contributed by atoms with Gasteiger partial charge < -0.3 is 8.23 Å². The van der Waals surface area contributed by atoms with Crippen molar-refractivity contribution in [2.45, 2.75) is 155 Å². The van der Waals surface area contributed by atoms with Gasteiger partial charge in [-0.05, 0) is 45.3 Å². The molecule has 0 atom stereocenters. The van der Waals surface area contributed by atoms with E-state index in [9.17, 15) is 0 Å². The molecule has 0 spiro atoms. The molecule has 0 aromatic rings. The molecule has 2 nitrogen and oxygen atoms in total. The summed E-state index contributed by atoms with van der Waals surface area (Å²) in [7, 11) is -4.03. The SMILES string of the molecule is CCCCCCCCCCCCCCCCCC[Si](O[Si](C)(C)C)O[Si](C)(C)C. The highest BCUT2D eigenvalue weighted by Crippen LogP contribution is 2.18. The van der Waals surface area contributed by atoms with Crippen LogP contribution in [0.2, 0.25) is 45.3 Å². The van der Waals surface area contributed by atoms with Gasteiger partial charge in [-0.1, -0.05) is 110 Å². The average Bonchev–Trinajstić information content (AvgIpc) is 2.58. The van der Waals surface area contributed by atoms with Gasteiger partial charge in [0, 0.05) is 0 Å². The number of rotatable bonds is 21. The van der Waals surface area contributed by atoms with Crippen LogP contribution in [0.5, 0.6) is 0 Å². The second kappa shape index (κ2) is 18.2. The zero-order chi connectivity index (χ0) is 22.0. The molecule has 0 fully saturated rings. The molecule has 0 aliphatic rings. The first-order chi connectivity index (χ1) is 13.6. The lowest BCUT2D eigenvalue weighted by atomic mass is 10.0. The molecular weight excluding hydrogens is 405 g/mol. The summed E-state index contributed by atoms with van der Waals surface area (Å²) >= 11 is 0. The number of hydrogen-bond donors (Lipinski definition) is 0. The highest BCUT2D eigenvalue weighted by Gasteiger charge is 2.29. The lowest BCUT2D eigenvalue weighted by Crippen LogP contribution is -2.43. The third kappa shape index (κ3) is 24.7. The predicted octanol–water partition coefficient (Wildman–Crippen LogP) is 9.44. The molecule has 1 radical (unpaired) electrons. The minimum Gasteiger partial charge on any atom is -0.436 e. The first kappa shape index (κ1) is 29.6. The lowest BCUT2D eigenvalue weighted by Gasteiger charge is -2.29. The molecule has 5 heteroatoms. The quantitative estimate of drug-likeness (QED) is 0.126. The van der Waals surface area contributed by atoms with E-state index in [0.29, 0.717) is 0 Å². The number of hydrogen-bond acceptors (Lipinski definition) is 2. The molecule has 0 aliphatic heterocycles. The van der Waals surface area contributed by atoms with Gasteiger partial charge in [-0.3, -0.25) is 0 Å². The zero-order valence-corrected chi connectivity index (χ0v) is 24.3. The fraction of sp³-hybridized carbons (Fsp3) is 1.00. The molecule has 0 aromatic heterocycles. The van der Waals surface area contributed by atoms with Gasteiger partial charge in [0.15, 0.2) is 16.6 Å². The second-order valence-electron chi connectivity index (χ2n) is 10.9. The van der Waals surface area contributed by atoms with Crippen LogP contribution in [0.25, 0.3) is 0 Å². The summed E-state index contributed by atoms with van der Waals surface area (Å²) in [5, 5.41) is 0. The van der Waals surface area contributed by atoms with E-state index in [1.165, 1.54) is 109 Å². The van der Waals surface area contributed by atoms with Crippen LogP contribution in [-0.4, -0.2) is 25.9 Å². The van der Waals surface area contributed by atoms with Crippen LogP contribution < -0.4 is 0 Å². The Labute approximate surface area is 189 Å². The van der Waals surface area contributed by atoms with Crippen molar-refractivity contribution >= 4 is 25.9 Å². The maximum Gasteiger partial charge on any atom is 0.362 e. The lowest BCUT2D eigenvalue weighted by molar-refractivity contribution is 0.413. The summed E-state index contributed by atoms with van der Waals surface area (Å²) in [5.41, 5.74) is 0. The molecule has 0 rings (SSSR count). The third-order valence-corrected chi connectivity index (χ3v) is 12.6. The molecular formula is C24H55O2Si3. The van der Waals surface area contributed by atoms with E-state index in [4.69, 9.17) is 8.23 Å². The van der Waals surface area contributed by atoms with E-state index < -0.39 is 25.9 Å². The zero-order valence-electron chi connectivity index (χ0n) is 21.3. The standard InChI is InChI=1S/C24H55O2Si3/c1-8-9-10-11-12-13-14-15-16-17-18-19-20-21-22-23-24-27(25-28(2,3)4)26-29(5,6)7/h8-24H2,1-7H3. The maximum absolute atomic E-state index is 6.39. The third-order valence-electron chi connectivity index (χ3n) is 5.07. The largest absolute Gasteiger partial charge is 0.436 e. The van der Waals surface area contributed by atoms with Crippen LogP contribution in [0.1, 0.15) is 110 Å². The summed E-state index contributed by atoms with van der Waals surface area (Å²) in [6.07, 6.45) is 22.8. The van der Waals surface area contributed by atoms with E-state index in [2.05, 4.69) is 46.2 Å². The summed E-state index contributed by atoms with van der Waals surface area (Å²) in [6.45, 7) is 16.0. The van der Waals surface area contributed by atoms with Gasteiger partial charge in [0.25, 0.3) is 0 Å². The van der Waals surface area contributed by atoms with E-state index in [0.717, 1.165) is 0 Å². The van der Waals surface area contributed by atoms with Crippen LogP contribution in [-0.2, 0) is 8.23 Å². The molecule has 0 saturated heterocycles. The van der Waals surface area contributed by atoms with Crippen LogP contribution in [0.15, 0.2) is 0 Å². The van der Waals surface area contributed by atoms with Crippen molar-refractivity contribution in [2.24, 2.45) is 0 Å². The highest BCUT2D eigenvalue weighted by molar-refractivity contribution is 6.81. The van der Waals surface area contributed by atoms with Crippen molar-refractivity contribution in [3.8, 4) is 0 Å². The molecule has 0 amide bonds. The smallest absolute Gasteiger partial charge is 0.362 e. The van der Waals surface area contributed by atoms with Crippen LogP contribution in [0, 0.1) is 0 Å². The molecule has 0 saturated carbocycles. The van der Waals surface area contributed by atoms with Crippen molar-refractivity contribution in [1.82, 2.24) is 0 Å². The van der Waals surface area contributed by atoms with Gasteiger partial charge in [-0.2, -0.15) is 0 Å². The Kier molecular flexibility index (Phi) is 18.5. The topological polar surface area (TPSA) is 18.5 Å². The maximum atomic E-state index is 6.39. The van der Waals surface area contributed by atoms with E-state index in [-0.39, 0.29) is 0 Å². The van der Waals surface area contributed by atoms with Gasteiger partial charge in [0.1, 0.15) is 0 Å².